The number of methoxy groups -OCH3 is 1. The zero-order chi connectivity index (χ0) is 19.4. The van der Waals surface area contributed by atoms with Crippen LogP contribution < -0.4 is 0 Å². The number of carboxylic acids is 1. The van der Waals surface area contributed by atoms with Crippen molar-refractivity contribution in [2.75, 3.05) is 20.3 Å². The maximum absolute atomic E-state index is 12.5. The molecule has 1 aliphatic rings. The summed E-state index contributed by atoms with van der Waals surface area (Å²) in [6.07, 6.45) is 4.07. The van der Waals surface area contributed by atoms with Gasteiger partial charge in [-0.15, -0.1) is 0 Å². The quantitative estimate of drug-likeness (QED) is 0.580. The molecule has 1 aliphatic heterocycles. The van der Waals surface area contributed by atoms with Crippen molar-refractivity contribution < 1.29 is 24.2 Å². The van der Waals surface area contributed by atoms with Gasteiger partial charge in [0, 0.05) is 37.8 Å². The number of hydrogen-bond donors (Lipinski definition) is 1. The standard InChI is InChI=1S/C19H18N2O5S/c1-26-11-3-10-21-17(22)16(27-19(21)25)12-15-4-2-9-20(15)14-7-5-13(6-8-14)18(23)24/h2,4-9,12H,3,10-11H2,1H3,(H,23,24)/b16-12+. The lowest BCUT2D eigenvalue weighted by Gasteiger charge is -2.11. The summed E-state index contributed by atoms with van der Waals surface area (Å²) in [5, 5.41) is 8.72. The van der Waals surface area contributed by atoms with Gasteiger partial charge in [-0.25, -0.2) is 4.79 Å². The van der Waals surface area contributed by atoms with Crippen LogP contribution in [0.15, 0.2) is 47.5 Å². The first-order valence-corrected chi connectivity index (χ1v) is 9.08. The highest BCUT2D eigenvalue weighted by Crippen LogP contribution is 2.32. The molecule has 3 rings (SSSR count). The van der Waals surface area contributed by atoms with Gasteiger partial charge in [0.05, 0.1) is 10.5 Å². The minimum absolute atomic E-state index is 0.199. The fourth-order valence-electron chi connectivity index (χ4n) is 2.71. The summed E-state index contributed by atoms with van der Waals surface area (Å²) in [5.74, 6) is -1.30. The summed E-state index contributed by atoms with van der Waals surface area (Å²) in [6.45, 7) is 0.809. The van der Waals surface area contributed by atoms with Gasteiger partial charge in [0.15, 0.2) is 0 Å². The van der Waals surface area contributed by atoms with Gasteiger partial charge in [0.25, 0.3) is 11.1 Å². The molecule has 1 aromatic carbocycles. The van der Waals surface area contributed by atoms with Crippen molar-refractivity contribution in [1.82, 2.24) is 9.47 Å². The molecular formula is C19H18N2O5S. The zero-order valence-electron chi connectivity index (χ0n) is 14.6. The molecule has 2 heterocycles. The molecule has 140 valence electrons. The number of nitrogens with zero attached hydrogens (tertiary/aromatic N) is 2. The molecule has 0 radical (unpaired) electrons. The van der Waals surface area contributed by atoms with E-state index in [1.807, 2.05) is 22.9 Å². The fourth-order valence-corrected chi connectivity index (χ4v) is 3.56. The number of benzene rings is 1. The summed E-state index contributed by atoms with van der Waals surface area (Å²) in [6, 6.07) is 10.1. The molecule has 0 bridgehead atoms. The molecule has 7 nitrogen and oxygen atoms in total. The number of carboxylic acid groups (broad SMARTS) is 1. The van der Waals surface area contributed by atoms with Crippen molar-refractivity contribution in [3.63, 3.8) is 0 Å². The van der Waals surface area contributed by atoms with E-state index in [9.17, 15) is 14.4 Å². The molecule has 2 aromatic rings. The molecule has 8 heteroatoms. The summed E-state index contributed by atoms with van der Waals surface area (Å²) >= 11 is 0.915. The van der Waals surface area contributed by atoms with Crippen LogP contribution in [0.3, 0.4) is 0 Å². The first-order valence-electron chi connectivity index (χ1n) is 8.26. The third-order valence-electron chi connectivity index (χ3n) is 4.06. The number of hydrogen-bond acceptors (Lipinski definition) is 5. The Kier molecular flexibility index (Phi) is 5.78. The lowest BCUT2D eigenvalue weighted by molar-refractivity contribution is -0.122. The molecular weight excluding hydrogens is 368 g/mol. The van der Waals surface area contributed by atoms with Crippen molar-refractivity contribution in [2.24, 2.45) is 0 Å². The van der Waals surface area contributed by atoms with E-state index in [-0.39, 0.29) is 16.7 Å². The van der Waals surface area contributed by atoms with E-state index in [2.05, 4.69) is 0 Å². The molecule has 27 heavy (non-hydrogen) atoms. The number of imide groups is 1. The lowest BCUT2D eigenvalue weighted by Crippen LogP contribution is -2.29. The second-order valence-electron chi connectivity index (χ2n) is 5.83. The number of amides is 2. The summed E-state index contributed by atoms with van der Waals surface area (Å²) in [7, 11) is 1.57. The topological polar surface area (TPSA) is 88.8 Å². The molecule has 1 saturated heterocycles. The molecule has 0 spiro atoms. The van der Waals surface area contributed by atoms with Crippen LogP contribution in [0, 0.1) is 0 Å². The second-order valence-corrected chi connectivity index (χ2v) is 6.83. The predicted octanol–water partition coefficient (Wildman–Crippen LogP) is 3.25. The molecule has 1 aromatic heterocycles. The van der Waals surface area contributed by atoms with E-state index in [0.29, 0.717) is 24.5 Å². The average Bonchev–Trinajstić information content (AvgIpc) is 3.22. The Hall–Kier alpha value is -2.84. The Balaban J connectivity index is 1.82. The van der Waals surface area contributed by atoms with Crippen LogP contribution in [0.4, 0.5) is 4.79 Å². The van der Waals surface area contributed by atoms with E-state index in [1.54, 1.807) is 25.3 Å². The molecule has 1 fully saturated rings. The van der Waals surface area contributed by atoms with Gasteiger partial charge in [0.2, 0.25) is 0 Å². The van der Waals surface area contributed by atoms with Gasteiger partial charge >= 0.3 is 5.97 Å². The first-order chi connectivity index (χ1) is 13.0. The van der Waals surface area contributed by atoms with Crippen molar-refractivity contribution in [2.45, 2.75) is 6.42 Å². The smallest absolute Gasteiger partial charge is 0.335 e. The second kappa shape index (κ2) is 8.24. The van der Waals surface area contributed by atoms with Gasteiger partial charge in [0.1, 0.15) is 0 Å². The van der Waals surface area contributed by atoms with Crippen LogP contribution in [0.1, 0.15) is 22.5 Å². The number of carbonyl (C=O) groups excluding carboxylic acids is 2. The van der Waals surface area contributed by atoms with Gasteiger partial charge < -0.3 is 14.4 Å². The van der Waals surface area contributed by atoms with Crippen LogP contribution in [0.25, 0.3) is 11.8 Å². The summed E-state index contributed by atoms with van der Waals surface area (Å²) in [5.41, 5.74) is 1.68. The highest BCUT2D eigenvalue weighted by Gasteiger charge is 2.34. The Labute approximate surface area is 160 Å². The molecule has 0 unspecified atom stereocenters. The average molecular weight is 386 g/mol. The number of ether oxygens (including phenoxy) is 1. The lowest BCUT2D eigenvalue weighted by atomic mass is 10.2. The van der Waals surface area contributed by atoms with Crippen LogP contribution in [0.2, 0.25) is 0 Å². The highest BCUT2D eigenvalue weighted by molar-refractivity contribution is 8.18. The van der Waals surface area contributed by atoms with E-state index in [1.165, 1.54) is 17.0 Å². The minimum Gasteiger partial charge on any atom is -0.478 e. The molecule has 0 saturated carbocycles. The SMILES string of the molecule is COCCCN1C(=O)S/C(=C/c2cccn2-c2ccc(C(=O)O)cc2)C1=O. The first kappa shape index (κ1) is 18.9. The minimum atomic E-state index is -0.989. The Morgan fingerprint density at radius 2 is 1.96 bits per heavy atom. The van der Waals surface area contributed by atoms with Crippen LogP contribution in [0.5, 0.6) is 0 Å². The molecule has 1 N–H and O–H groups in total. The number of aromatic carboxylic acids is 1. The highest BCUT2D eigenvalue weighted by atomic mass is 32.2. The fraction of sp³-hybridized carbons (Fsp3) is 0.211. The maximum Gasteiger partial charge on any atom is 0.335 e. The number of aromatic nitrogens is 1. The van der Waals surface area contributed by atoms with E-state index >= 15 is 0 Å². The van der Waals surface area contributed by atoms with Crippen molar-refractivity contribution in [1.29, 1.82) is 0 Å². The molecule has 0 atom stereocenters. The van der Waals surface area contributed by atoms with E-state index in [0.717, 1.165) is 23.1 Å². The van der Waals surface area contributed by atoms with Crippen LogP contribution in [-0.2, 0) is 9.53 Å². The van der Waals surface area contributed by atoms with Crippen LogP contribution >= 0.6 is 11.8 Å². The number of carbonyl (C=O) groups is 3. The predicted molar refractivity (Wildman–Crippen MR) is 102 cm³/mol. The van der Waals surface area contributed by atoms with Gasteiger partial charge in [-0.3, -0.25) is 14.5 Å². The van der Waals surface area contributed by atoms with Gasteiger partial charge in [-0.2, -0.15) is 0 Å². The molecule has 2 amide bonds. The van der Waals surface area contributed by atoms with Crippen LogP contribution in [-0.4, -0.2) is 52.0 Å². The normalized spacial score (nSPS) is 15.7. The van der Waals surface area contributed by atoms with Gasteiger partial charge in [-0.1, -0.05) is 0 Å². The number of rotatable bonds is 7. The maximum atomic E-state index is 12.5. The molecule has 0 aliphatic carbocycles. The Bertz CT molecular complexity index is 901. The monoisotopic (exact) mass is 386 g/mol. The van der Waals surface area contributed by atoms with E-state index in [4.69, 9.17) is 9.84 Å². The van der Waals surface area contributed by atoms with E-state index < -0.39 is 5.97 Å². The van der Waals surface area contributed by atoms with Gasteiger partial charge in [-0.05, 0) is 60.7 Å². The Morgan fingerprint density at radius 3 is 2.63 bits per heavy atom. The third-order valence-corrected chi connectivity index (χ3v) is 4.96. The largest absolute Gasteiger partial charge is 0.478 e. The summed E-state index contributed by atoms with van der Waals surface area (Å²) < 4.78 is 6.79. The number of thioether (sulfide) groups is 1. The third kappa shape index (κ3) is 4.12. The van der Waals surface area contributed by atoms with Crippen molar-refractivity contribution in [3.8, 4) is 5.69 Å². The summed E-state index contributed by atoms with van der Waals surface area (Å²) in [4.78, 5) is 37.2. The van der Waals surface area contributed by atoms with Crippen molar-refractivity contribution >= 4 is 35.0 Å². The zero-order valence-corrected chi connectivity index (χ0v) is 15.4. The van der Waals surface area contributed by atoms with Crippen molar-refractivity contribution in [3.05, 3.63) is 58.8 Å². The Morgan fingerprint density at radius 1 is 1.22 bits per heavy atom.